The highest BCUT2D eigenvalue weighted by Gasteiger charge is 2.52. The number of imidazole rings is 1. The van der Waals surface area contributed by atoms with E-state index in [2.05, 4.69) is 19.7 Å². The number of hydrogen-bond acceptors (Lipinski definition) is 9. The summed E-state index contributed by atoms with van der Waals surface area (Å²) < 4.78 is 55.7. The van der Waals surface area contributed by atoms with Crippen LogP contribution in [0.1, 0.15) is 19.1 Å². The first-order valence-electron chi connectivity index (χ1n) is 9.03. The Kier molecular flexibility index (Phi) is 5.33. The number of alkyl halides is 3. The number of anilines is 1. The molecule has 0 aliphatic carbocycles. The molecule has 2 aromatic heterocycles. The van der Waals surface area contributed by atoms with Crippen LogP contribution < -0.4 is 5.73 Å². The molecule has 13 heteroatoms. The van der Waals surface area contributed by atoms with E-state index in [9.17, 15) is 23.4 Å². The van der Waals surface area contributed by atoms with Crippen LogP contribution in [0, 0.1) is 5.92 Å². The van der Waals surface area contributed by atoms with Crippen molar-refractivity contribution in [1.82, 2.24) is 19.5 Å². The summed E-state index contributed by atoms with van der Waals surface area (Å²) in [7, 11) is 0. The molecule has 4 heterocycles. The fourth-order valence-corrected chi connectivity index (χ4v) is 3.87. The summed E-state index contributed by atoms with van der Waals surface area (Å²) >= 11 is 0. The van der Waals surface area contributed by atoms with Crippen LogP contribution >= 0.6 is 0 Å². The summed E-state index contributed by atoms with van der Waals surface area (Å²) in [5.41, 5.74) is 6.20. The molecule has 2 aliphatic heterocycles. The van der Waals surface area contributed by atoms with Gasteiger partial charge in [0.1, 0.15) is 30.2 Å². The quantitative estimate of drug-likeness (QED) is 0.641. The van der Waals surface area contributed by atoms with Gasteiger partial charge in [-0.15, -0.1) is 13.2 Å². The topological polar surface area (TPSA) is 138 Å². The first kappa shape index (κ1) is 20.2. The number of aliphatic hydroxyl groups excluding tert-OH is 2. The molecule has 10 nitrogen and oxygen atoms in total. The Balaban J connectivity index is 1.64. The number of nitrogens with two attached hydrogens (primary N) is 1. The lowest BCUT2D eigenvalue weighted by Gasteiger charge is -2.35. The van der Waals surface area contributed by atoms with Gasteiger partial charge in [-0.05, 0) is 18.8 Å². The molecule has 0 aromatic carbocycles. The normalized spacial score (nSPS) is 30.1. The molecule has 0 amide bonds. The van der Waals surface area contributed by atoms with Crippen molar-refractivity contribution in [1.29, 1.82) is 0 Å². The van der Waals surface area contributed by atoms with Crippen LogP contribution in [0.25, 0.3) is 11.2 Å². The minimum Gasteiger partial charge on any atom is -0.387 e. The molecule has 1 unspecified atom stereocenters. The van der Waals surface area contributed by atoms with Crippen molar-refractivity contribution in [3.63, 3.8) is 0 Å². The molecule has 2 aromatic rings. The SMILES string of the molecule is Nc1ncnc2c1ncn2[C@@H]1O[C@H](C(OC(F)(F)F)C2CCOCC2)[C@@H](O)[C@H]1O. The lowest BCUT2D eigenvalue weighted by molar-refractivity contribution is -0.362. The maximum absolute atomic E-state index is 13.1. The number of nitrogens with zero attached hydrogens (tertiary/aromatic N) is 4. The number of rotatable bonds is 4. The molecule has 2 saturated heterocycles. The molecule has 160 valence electrons. The summed E-state index contributed by atoms with van der Waals surface area (Å²) in [5, 5.41) is 21.0. The molecule has 2 fully saturated rings. The van der Waals surface area contributed by atoms with Gasteiger partial charge in [-0.25, -0.2) is 15.0 Å². The Bertz CT molecular complexity index is 859. The third-order valence-electron chi connectivity index (χ3n) is 5.26. The van der Waals surface area contributed by atoms with Gasteiger partial charge in [-0.1, -0.05) is 0 Å². The average Bonchev–Trinajstić information content (AvgIpc) is 3.23. The molecular weight excluding hydrogens is 399 g/mol. The second-order valence-electron chi connectivity index (χ2n) is 7.03. The van der Waals surface area contributed by atoms with Crippen molar-refractivity contribution >= 4 is 17.0 Å². The number of ether oxygens (including phenoxy) is 3. The van der Waals surface area contributed by atoms with Crippen LogP contribution in [0.5, 0.6) is 0 Å². The van der Waals surface area contributed by atoms with Crippen LogP contribution in [-0.2, 0) is 14.2 Å². The van der Waals surface area contributed by atoms with Crippen LogP contribution in [0.3, 0.4) is 0 Å². The molecule has 29 heavy (non-hydrogen) atoms. The molecular formula is C16H20F3N5O5. The lowest BCUT2D eigenvalue weighted by atomic mass is 9.88. The number of nitrogen functional groups attached to an aromatic ring is 1. The van der Waals surface area contributed by atoms with Crippen molar-refractivity contribution in [2.75, 3.05) is 18.9 Å². The van der Waals surface area contributed by atoms with Gasteiger partial charge in [-0.3, -0.25) is 9.30 Å². The van der Waals surface area contributed by atoms with E-state index >= 15 is 0 Å². The Morgan fingerprint density at radius 1 is 1.17 bits per heavy atom. The van der Waals surface area contributed by atoms with E-state index in [-0.39, 0.29) is 30.2 Å². The molecule has 2 aliphatic rings. The number of halogens is 3. The zero-order valence-electron chi connectivity index (χ0n) is 15.1. The number of aromatic nitrogens is 4. The van der Waals surface area contributed by atoms with Gasteiger partial charge in [0.25, 0.3) is 0 Å². The molecule has 4 N–H and O–H groups in total. The number of hydrogen-bond donors (Lipinski definition) is 3. The van der Waals surface area contributed by atoms with E-state index < -0.39 is 42.9 Å². The lowest BCUT2D eigenvalue weighted by Crippen LogP contribution is -2.47. The third-order valence-corrected chi connectivity index (χ3v) is 5.26. The third kappa shape index (κ3) is 3.88. The summed E-state index contributed by atoms with van der Waals surface area (Å²) in [5.74, 6) is -0.465. The minimum absolute atomic E-state index is 0.0961. The second kappa shape index (κ2) is 7.65. The Morgan fingerprint density at radius 2 is 1.90 bits per heavy atom. The Hall–Kier alpha value is -2.06. The van der Waals surface area contributed by atoms with E-state index in [0.717, 1.165) is 0 Å². The maximum Gasteiger partial charge on any atom is 0.522 e. The fraction of sp³-hybridized carbons (Fsp3) is 0.688. The molecule has 0 spiro atoms. The van der Waals surface area contributed by atoms with Crippen LogP contribution in [0.15, 0.2) is 12.7 Å². The average molecular weight is 419 g/mol. The van der Waals surface area contributed by atoms with Crippen LogP contribution in [0.2, 0.25) is 0 Å². The zero-order chi connectivity index (χ0) is 20.8. The van der Waals surface area contributed by atoms with Gasteiger partial charge in [0.2, 0.25) is 0 Å². The van der Waals surface area contributed by atoms with Gasteiger partial charge in [0.05, 0.1) is 12.4 Å². The molecule has 5 atom stereocenters. The first-order valence-corrected chi connectivity index (χ1v) is 9.03. The number of aliphatic hydroxyl groups is 2. The van der Waals surface area contributed by atoms with Crippen molar-refractivity contribution < 1.29 is 37.6 Å². The summed E-state index contributed by atoms with van der Waals surface area (Å²) in [6.07, 6.45) is -9.17. The van der Waals surface area contributed by atoms with E-state index in [1.54, 1.807) is 0 Å². The standard InChI is InChI=1S/C16H20F3N5O5/c17-16(18,19)29-11(7-1-3-27-4-2-7)12-9(25)10(26)15(28-12)24-6-23-8-13(20)21-5-22-14(8)24/h5-7,9-12,15,25-26H,1-4H2,(H2,20,21,22)/t9-,10+,11?,12-,15+/m0/s1. The smallest absolute Gasteiger partial charge is 0.387 e. The summed E-state index contributed by atoms with van der Waals surface area (Å²) in [6, 6.07) is 0. The maximum atomic E-state index is 13.1. The zero-order valence-corrected chi connectivity index (χ0v) is 15.1. The predicted octanol–water partition coefficient (Wildman–Crippen LogP) is 0.359. The van der Waals surface area contributed by atoms with Gasteiger partial charge >= 0.3 is 6.36 Å². The van der Waals surface area contributed by atoms with E-state index in [1.165, 1.54) is 17.2 Å². The van der Waals surface area contributed by atoms with Crippen molar-refractivity contribution in [2.24, 2.45) is 5.92 Å². The monoisotopic (exact) mass is 419 g/mol. The summed E-state index contributed by atoms with van der Waals surface area (Å²) in [6.45, 7) is 0.555. The minimum atomic E-state index is -4.93. The highest BCUT2D eigenvalue weighted by atomic mass is 19.4. The van der Waals surface area contributed by atoms with Gasteiger partial charge < -0.3 is 25.4 Å². The van der Waals surface area contributed by atoms with Crippen LogP contribution in [-0.4, -0.2) is 73.7 Å². The highest BCUT2D eigenvalue weighted by Crippen LogP contribution is 2.39. The molecule has 0 bridgehead atoms. The van der Waals surface area contributed by atoms with Crippen molar-refractivity contribution in [3.8, 4) is 0 Å². The largest absolute Gasteiger partial charge is 0.522 e. The summed E-state index contributed by atoms with van der Waals surface area (Å²) in [4.78, 5) is 11.9. The van der Waals surface area contributed by atoms with E-state index in [1.807, 2.05) is 0 Å². The van der Waals surface area contributed by atoms with E-state index in [0.29, 0.717) is 12.8 Å². The Morgan fingerprint density at radius 3 is 2.59 bits per heavy atom. The number of fused-ring (bicyclic) bond motifs is 1. The highest BCUT2D eigenvalue weighted by molar-refractivity contribution is 5.81. The molecule has 4 rings (SSSR count). The van der Waals surface area contributed by atoms with Crippen molar-refractivity contribution in [3.05, 3.63) is 12.7 Å². The molecule has 0 radical (unpaired) electrons. The first-order chi connectivity index (χ1) is 13.8. The van der Waals surface area contributed by atoms with Gasteiger partial charge in [-0.2, -0.15) is 0 Å². The Labute approximate surface area is 162 Å². The van der Waals surface area contributed by atoms with Crippen LogP contribution in [0.4, 0.5) is 19.0 Å². The van der Waals surface area contributed by atoms with Gasteiger partial charge in [0.15, 0.2) is 17.7 Å². The van der Waals surface area contributed by atoms with Gasteiger partial charge in [0, 0.05) is 13.2 Å². The predicted molar refractivity (Wildman–Crippen MR) is 90.1 cm³/mol. The molecule has 0 saturated carbocycles. The second-order valence-corrected chi connectivity index (χ2v) is 7.03. The fourth-order valence-electron chi connectivity index (χ4n) is 3.87. The van der Waals surface area contributed by atoms with E-state index in [4.69, 9.17) is 15.2 Å². The van der Waals surface area contributed by atoms with Crippen molar-refractivity contribution in [2.45, 2.75) is 49.8 Å².